The number of aliphatic hydroxyl groups excluding tert-OH is 1. The molecular formula is C13H13Cl2NO3. The largest absolute Gasteiger partial charge is 0.392 e. The number of aliphatic hydroxyl groups is 1. The summed E-state index contributed by atoms with van der Waals surface area (Å²) in [6, 6.07) is 4.26. The molecule has 6 heteroatoms. The van der Waals surface area contributed by atoms with Crippen LogP contribution in [0.3, 0.4) is 0 Å². The second-order valence-corrected chi connectivity index (χ2v) is 5.43. The summed E-state index contributed by atoms with van der Waals surface area (Å²) < 4.78 is 0. The molecule has 102 valence electrons. The van der Waals surface area contributed by atoms with Crippen LogP contribution in [0.1, 0.15) is 24.3 Å². The molecule has 1 aliphatic carbocycles. The standard InChI is InChI=1S/C13H13Cl2NO3/c14-9-2-4-10(12(15)6-9)11-3-1-8(7-17)5-13(11)16(18)19/h1-2,4,6,11,13,17H,3,5,7H2/t11-,13+/m0/s1. The van der Waals surface area contributed by atoms with Crippen molar-refractivity contribution in [3.8, 4) is 0 Å². The fraction of sp³-hybridized carbons (Fsp3) is 0.385. The molecule has 0 heterocycles. The summed E-state index contributed by atoms with van der Waals surface area (Å²) in [7, 11) is 0. The third kappa shape index (κ3) is 3.08. The van der Waals surface area contributed by atoms with Crippen molar-refractivity contribution in [2.24, 2.45) is 0 Å². The number of nitro groups is 1. The Hall–Kier alpha value is -1.10. The first-order valence-electron chi connectivity index (χ1n) is 5.90. The molecule has 19 heavy (non-hydrogen) atoms. The molecule has 0 fully saturated rings. The Labute approximate surface area is 120 Å². The number of allylic oxidation sites excluding steroid dienone is 1. The van der Waals surface area contributed by atoms with Crippen LogP contribution >= 0.6 is 23.2 Å². The first-order chi connectivity index (χ1) is 9.02. The van der Waals surface area contributed by atoms with E-state index in [4.69, 9.17) is 28.3 Å². The fourth-order valence-corrected chi connectivity index (χ4v) is 2.98. The first kappa shape index (κ1) is 14.3. The third-order valence-electron chi connectivity index (χ3n) is 3.43. The minimum absolute atomic E-state index is 0.134. The lowest BCUT2D eigenvalue weighted by atomic mass is 9.81. The number of nitrogens with zero attached hydrogens (tertiary/aromatic N) is 1. The van der Waals surface area contributed by atoms with Gasteiger partial charge >= 0.3 is 0 Å². The van der Waals surface area contributed by atoms with Gasteiger partial charge < -0.3 is 5.11 Å². The molecule has 0 amide bonds. The Morgan fingerprint density at radius 1 is 1.42 bits per heavy atom. The Balaban J connectivity index is 2.36. The monoisotopic (exact) mass is 301 g/mol. The van der Waals surface area contributed by atoms with E-state index in [9.17, 15) is 10.1 Å². The van der Waals surface area contributed by atoms with Gasteiger partial charge in [-0.25, -0.2) is 0 Å². The average molecular weight is 302 g/mol. The molecule has 2 rings (SSSR count). The maximum absolute atomic E-state index is 11.2. The lowest BCUT2D eigenvalue weighted by molar-refractivity contribution is -0.527. The second kappa shape index (κ2) is 5.90. The van der Waals surface area contributed by atoms with E-state index in [-0.39, 0.29) is 23.9 Å². The molecule has 0 saturated carbocycles. The van der Waals surface area contributed by atoms with Crippen LogP contribution in [0, 0.1) is 10.1 Å². The zero-order valence-electron chi connectivity index (χ0n) is 10.1. The van der Waals surface area contributed by atoms with E-state index in [1.165, 1.54) is 0 Å². The van der Waals surface area contributed by atoms with Gasteiger partial charge in [0.05, 0.1) is 12.5 Å². The molecule has 0 radical (unpaired) electrons. The molecule has 0 spiro atoms. The average Bonchev–Trinajstić information content (AvgIpc) is 2.38. The zero-order valence-corrected chi connectivity index (χ0v) is 11.6. The lowest BCUT2D eigenvalue weighted by Gasteiger charge is -2.26. The van der Waals surface area contributed by atoms with Crippen molar-refractivity contribution in [3.63, 3.8) is 0 Å². The third-order valence-corrected chi connectivity index (χ3v) is 3.99. The minimum atomic E-state index is -0.758. The van der Waals surface area contributed by atoms with Crippen molar-refractivity contribution in [3.05, 3.63) is 55.6 Å². The molecule has 0 aliphatic heterocycles. The maximum atomic E-state index is 11.2. The molecule has 1 aromatic rings. The highest BCUT2D eigenvalue weighted by Gasteiger charge is 2.36. The second-order valence-electron chi connectivity index (χ2n) is 4.59. The first-order valence-corrected chi connectivity index (χ1v) is 6.65. The molecule has 0 bridgehead atoms. The van der Waals surface area contributed by atoms with Gasteiger partial charge in [-0.05, 0) is 29.7 Å². The van der Waals surface area contributed by atoms with Crippen LogP contribution < -0.4 is 0 Å². The van der Waals surface area contributed by atoms with E-state index >= 15 is 0 Å². The molecule has 0 unspecified atom stereocenters. The normalized spacial score (nSPS) is 23.0. The van der Waals surface area contributed by atoms with Crippen LogP contribution in [0.4, 0.5) is 0 Å². The Kier molecular flexibility index (Phi) is 4.45. The summed E-state index contributed by atoms with van der Waals surface area (Å²) in [6.45, 7) is -0.134. The van der Waals surface area contributed by atoms with Gasteiger partial charge in [-0.2, -0.15) is 0 Å². The van der Waals surface area contributed by atoms with Crippen LogP contribution in [0.15, 0.2) is 29.8 Å². The quantitative estimate of drug-likeness (QED) is 0.528. The highest BCUT2D eigenvalue weighted by molar-refractivity contribution is 6.35. The van der Waals surface area contributed by atoms with Crippen molar-refractivity contribution in [2.45, 2.75) is 24.8 Å². The molecule has 4 nitrogen and oxygen atoms in total. The SMILES string of the molecule is O=[N+]([O-])[C@@H]1CC(CO)=CC[C@H]1c1ccc(Cl)cc1Cl. The Morgan fingerprint density at radius 2 is 2.16 bits per heavy atom. The van der Waals surface area contributed by atoms with Crippen LogP contribution in [-0.2, 0) is 0 Å². The number of benzene rings is 1. The number of hydrogen-bond acceptors (Lipinski definition) is 3. The molecule has 1 N–H and O–H groups in total. The summed E-state index contributed by atoms with van der Waals surface area (Å²) in [5, 5.41) is 21.3. The van der Waals surface area contributed by atoms with Gasteiger partial charge in [0, 0.05) is 21.4 Å². The van der Waals surface area contributed by atoms with Crippen LogP contribution in [0.25, 0.3) is 0 Å². The van der Waals surface area contributed by atoms with Gasteiger partial charge in [0.25, 0.3) is 0 Å². The van der Waals surface area contributed by atoms with E-state index in [1.807, 2.05) is 6.08 Å². The van der Waals surface area contributed by atoms with Crippen molar-refractivity contribution < 1.29 is 10.0 Å². The van der Waals surface area contributed by atoms with Gasteiger partial charge in [0.1, 0.15) is 0 Å². The van der Waals surface area contributed by atoms with Crippen molar-refractivity contribution in [1.82, 2.24) is 0 Å². The summed E-state index contributed by atoms with van der Waals surface area (Å²) in [4.78, 5) is 10.9. The van der Waals surface area contributed by atoms with Crippen molar-refractivity contribution >= 4 is 23.2 Å². The molecular weight excluding hydrogens is 289 g/mol. The van der Waals surface area contributed by atoms with Crippen molar-refractivity contribution in [1.29, 1.82) is 0 Å². The maximum Gasteiger partial charge on any atom is 0.224 e. The number of halogens is 2. The summed E-state index contributed by atoms with van der Waals surface area (Å²) >= 11 is 12.0. The number of hydrogen-bond donors (Lipinski definition) is 1. The summed E-state index contributed by atoms with van der Waals surface area (Å²) in [5.41, 5.74) is 1.45. The van der Waals surface area contributed by atoms with Gasteiger partial charge in [-0.3, -0.25) is 10.1 Å². The van der Waals surface area contributed by atoms with Gasteiger partial charge in [-0.15, -0.1) is 0 Å². The van der Waals surface area contributed by atoms with Crippen LogP contribution in [0.5, 0.6) is 0 Å². The summed E-state index contributed by atoms with van der Waals surface area (Å²) in [6.07, 6.45) is 2.62. The van der Waals surface area contributed by atoms with Gasteiger partial charge in [0.15, 0.2) is 0 Å². The van der Waals surface area contributed by atoms with Gasteiger partial charge in [0.2, 0.25) is 6.04 Å². The Morgan fingerprint density at radius 3 is 2.74 bits per heavy atom. The zero-order chi connectivity index (χ0) is 14.0. The van der Waals surface area contributed by atoms with Crippen molar-refractivity contribution in [2.75, 3.05) is 6.61 Å². The number of rotatable bonds is 3. The van der Waals surface area contributed by atoms with E-state index in [1.54, 1.807) is 18.2 Å². The fourth-order valence-electron chi connectivity index (χ4n) is 2.43. The van der Waals surface area contributed by atoms with E-state index in [0.29, 0.717) is 22.0 Å². The van der Waals surface area contributed by atoms with Gasteiger partial charge in [-0.1, -0.05) is 35.3 Å². The highest BCUT2D eigenvalue weighted by Crippen LogP contribution is 2.38. The van der Waals surface area contributed by atoms with Crippen LogP contribution in [0.2, 0.25) is 10.0 Å². The van der Waals surface area contributed by atoms with E-state index < -0.39 is 6.04 Å². The lowest BCUT2D eigenvalue weighted by Crippen LogP contribution is -2.31. The molecule has 1 aromatic carbocycles. The summed E-state index contributed by atoms with van der Waals surface area (Å²) in [5.74, 6) is -0.282. The molecule has 0 saturated heterocycles. The smallest absolute Gasteiger partial charge is 0.224 e. The highest BCUT2D eigenvalue weighted by atomic mass is 35.5. The predicted octanol–water partition coefficient (Wildman–Crippen LogP) is 3.43. The topological polar surface area (TPSA) is 63.4 Å². The Bertz CT molecular complexity index is 531. The molecule has 0 aromatic heterocycles. The minimum Gasteiger partial charge on any atom is -0.392 e. The van der Waals surface area contributed by atoms with E-state index in [0.717, 1.165) is 5.56 Å². The molecule has 2 atom stereocenters. The van der Waals surface area contributed by atoms with E-state index in [2.05, 4.69) is 0 Å². The molecule has 1 aliphatic rings. The predicted molar refractivity (Wildman–Crippen MR) is 74.4 cm³/mol. The van der Waals surface area contributed by atoms with Crippen LogP contribution in [-0.4, -0.2) is 22.7 Å².